The van der Waals surface area contributed by atoms with Gasteiger partial charge in [-0.25, -0.2) is 4.98 Å². The number of benzene rings is 1. The normalized spacial score (nSPS) is 19.0. The van der Waals surface area contributed by atoms with Gasteiger partial charge in [-0.15, -0.1) is 0 Å². The monoisotopic (exact) mass is 418 g/mol. The van der Waals surface area contributed by atoms with E-state index in [1.54, 1.807) is 36.1 Å². The molecular weight excluding hydrogens is 396 g/mol. The number of hydrogen-bond donors (Lipinski definition) is 2. The Morgan fingerprint density at radius 1 is 1.03 bits per heavy atom. The summed E-state index contributed by atoms with van der Waals surface area (Å²) in [5, 5.41) is 14.5. The molecule has 2 atom stereocenters. The van der Waals surface area contributed by atoms with E-state index in [1.807, 2.05) is 36.4 Å². The zero-order chi connectivity index (χ0) is 20.3. The number of nitrogens with zero attached hydrogens (tertiary/aromatic N) is 3. The van der Waals surface area contributed by atoms with Gasteiger partial charge >= 0.3 is 0 Å². The maximum atomic E-state index is 10.2. The van der Waals surface area contributed by atoms with Crippen LogP contribution < -0.4 is 10.1 Å². The van der Waals surface area contributed by atoms with Gasteiger partial charge < -0.3 is 15.2 Å². The van der Waals surface area contributed by atoms with Gasteiger partial charge in [-0.05, 0) is 37.1 Å². The van der Waals surface area contributed by atoms with Crippen molar-refractivity contribution < 1.29 is 9.84 Å². The van der Waals surface area contributed by atoms with E-state index < -0.39 is 0 Å². The summed E-state index contributed by atoms with van der Waals surface area (Å²) in [5.74, 6) is 1.47. The molecule has 0 amide bonds. The molecule has 0 spiro atoms. The van der Waals surface area contributed by atoms with Crippen molar-refractivity contribution in [1.82, 2.24) is 15.0 Å². The molecule has 1 aromatic carbocycles. The second-order valence-corrected chi connectivity index (χ2v) is 8.50. The van der Waals surface area contributed by atoms with Crippen LogP contribution in [0.4, 0.5) is 5.13 Å². The third kappa shape index (κ3) is 3.99. The number of ether oxygens (including phenoxy) is 1. The molecule has 30 heavy (non-hydrogen) atoms. The Balaban J connectivity index is 1.39. The molecule has 6 nitrogen and oxygen atoms in total. The van der Waals surface area contributed by atoms with E-state index in [-0.39, 0.29) is 12.1 Å². The van der Waals surface area contributed by atoms with Crippen LogP contribution in [0.3, 0.4) is 0 Å². The average molecular weight is 419 g/mol. The minimum absolute atomic E-state index is 0.0777. The highest BCUT2D eigenvalue weighted by Gasteiger charge is 2.23. The molecule has 152 valence electrons. The summed E-state index contributed by atoms with van der Waals surface area (Å²) in [6.07, 6.45) is 10.8. The van der Waals surface area contributed by atoms with Crippen molar-refractivity contribution >= 4 is 26.7 Å². The fourth-order valence-corrected chi connectivity index (χ4v) is 4.76. The maximum absolute atomic E-state index is 10.2. The highest BCUT2D eigenvalue weighted by Crippen LogP contribution is 2.35. The first-order valence-corrected chi connectivity index (χ1v) is 11.0. The van der Waals surface area contributed by atoms with Crippen LogP contribution in [0.15, 0.2) is 61.2 Å². The molecule has 3 heterocycles. The largest absolute Gasteiger partial charge is 0.457 e. The smallest absolute Gasteiger partial charge is 0.184 e. The number of aliphatic hydroxyl groups excluding tert-OH is 1. The van der Waals surface area contributed by atoms with Crippen molar-refractivity contribution in [3.05, 3.63) is 61.2 Å². The number of anilines is 1. The lowest BCUT2D eigenvalue weighted by Crippen LogP contribution is -2.36. The van der Waals surface area contributed by atoms with Crippen LogP contribution in [-0.4, -0.2) is 32.2 Å². The third-order valence-electron chi connectivity index (χ3n) is 5.38. The molecule has 1 aliphatic rings. The molecular formula is C23H22N4O2S. The van der Waals surface area contributed by atoms with Crippen LogP contribution in [0, 0.1) is 0 Å². The van der Waals surface area contributed by atoms with Crippen molar-refractivity contribution in [2.24, 2.45) is 0 Å². The van der Waals surface area contributed by atoms with Gasteiger partial charge in [0, 0.05) is 42.0 Å². The van der Waals surface area contributed by atoms with Crippen LogP contribution in [-0.2, 0) is 0 Å². The Morgan fingerprint density at radius 3 is 2.80 bits per heavy atom. The molecule has 0 bridgehead atoms. The number of aromatic nitrogens is 3. The lowest BCUT2D eigenvalue weighted by molar-refractivity contribution is 0.116. The summed E-state index contributed by atoms with van der Waals surface area (Å²) < 4.78 is 7.24. The lowest BCUT2D eigenvalue weighted by Gasteiger charge is -2.27. The molecule has 7 heteroatoms. The quantitative estimate of drug-likeness (QED) is 0.460. The van der Waals surface area contributed by atoms with Gasteiger partial charge in [0.05, 0.1) is 22.4 Å². The van der Waals surface area contributed by atoms with Gasteiger partial charge in [0.2, 0.25) is 0 Å². The summed E-state index contributed by atoms with van der Waals surface area (Å²) >= 11 is 1.58. The standard InChI is InChI=1S/C23H22N4O2S/c28-20-6-2-1-5-18(20)26-23-27-19-8-7-16(12-22(19)30-23)29-21-9-11-25-14-17(21)15-4-3-10-24-13-15/h3-4,7-14,18,20,28H,1-2,5-6H2,(H,26,27)/t18-,20-/m1/s1. The minimum Gasteiger partial charge on any atom is -0.457 e. The van der Waals surface area contributed by atoms with Gasteiger partial charge in [-0.3, -0.25) is 9.97 Å². The SMILES string of the molecule is O[C@@H]1CCCC[C@H]1Nc1nc2ccc(Oc3ccncc3-c3cccnc3)cc2s1. The summed E-state index contributed by atoms with van der Waals surface area (Å²) in [6.45, 7) is 0. The molecule has 1 saturated carbocycles. The van der Waals surface area contributed by atoms with Crippen LogP contribution in [0.2, 0.25) is 0 Å². The van der Waals surface area contributed by atoms with E-state index >= 15 is 0 Å². The molecule has 2 N–H and O–H groups in total. The van der Waals surface area contributed by atoms with E-state index in [2.05, 4.69) is 20.3 Å². The fourth-order valence-electron chi connectivity index (χ4n) is 3.80. The number of rotatable bonds is 5. The lowest BCUT2D eigenvalue weighted by atomic mass is 9.93. The van der Waals surface area contributed by atoms with Gasteiger partial charge in [0.25, 0.3) is 0 Å². The molecule has 0 unspecified atom stereocenters. The first kappa shape index (κ1) is 19.0. The second kappa shape index (κ2) is 8.38. The highest BCUT2D eigenvalue weighted by atomic mass is 32.1. The summed E-state index contributed by atoms with van der Waals surface area (Å²) in [4.78, 5) is 13.1. The van der Waals surface area contributed by atoms with Crippen LogP contribution >= 0.6 is 11.3 Å². The second-order valence-electron chi connectivity index (χ2n) is 7.47. The van der Waals surface area contributed by atoms with Gasteiger partial charge in [-0.1, -0.05) is 30.2 Å². The first-order valence-electron chi connectivity index (χ1n) is 10.1. The van der Waals surface area contributed by atoms with Crippen molar-refractivity contribution in [2.45, 2.75) is 37.8 Å². The predicted octanol–water partition coefficient (Wildman–Crippen LogP) is 5.26. The van der Waals surface area contributed by atoms with E-state index in [4.69, 9.17) is 4.74 Å². The van der Waals surface area contributed by atoms with E-state index in [0.717, 1.165) is 63.7 Å². The van der Waals surface area contributed by atoms with Crippen LogP contribution in [0.5, 0.6) is 11.5 Å². The summed E-state index contributed by atoms with van der Waals surface area (Å²) in [6, 6.07) is 11.7. The maximum Gasteiger partial charge on any atom is 0.184 e. The van der Waals surface area contributed by atoms with Crippen molar-refractivity contribution in [1.29, 1.82) is 0 Å². The van der Waals surface area contributed by atoms with Crippen LogP contribution in [0.1, 0.15) is 25.7 Å². The van der Waals surface area contributed by atoms with Crippen molar-refractivity contribution in [2.75, 3.05) is 5.32 Å². The molecule has 3 aromatic heterocycles. The molecule has 0 saturated heterocycles. The number of aliphatic hydroxyl groups is 1. The number of nitrogens with one attached hydrogen (secondary N) is 1. The molecule has 1 fully saturated rings. The van der Waals surface area contributed by atoms with E-state index in [0.29, 0.717) is 0 Å². The van der Waals surface area contributed by atoms with Gasteiger partial charge in [0.1, 0.15) is 11.5 Å². The Labute approximate surface area is 178 Å². The first-order chi connectivity index (χ1) is 14.8. The van der Waals surface area contributed by atoms with Crippen LogP contribution in [0.25, 0.3) is 21.3 Å². The summed E-state index contributed by atoms with van der Waals surface area (Å²) in [5.41, 5.74) is 2.77. The Bertz CT molecular complexity index is 1150. The molecule has 1 aliphatic carbocycles. The van der Waals surface area contributed by atoms with E-state index in [1.165, 1.54) is 0 Å². The summed E-state index contributed by atoms with van der Waals surface area (Å²) in [7, 11) is 0. The number of pyridine rings is 2. The minimum atomic E-state index is -0.303. The molecule has 0 aliphatic heterocycles. The number of thiazole rings is 1. The molecule has 5 rings (SSSR count). The number of fused-ring (bicyclic) bond motifs is 1. The highest BCUT2D eigenvalue weighted by molar-refractivity contribution is 7.22. The molecule has 4 aromatic rings. The van der Waals surface area contributed by atoms with Crippen molar-refractivity contribution in [3.8, 4) is 22.6 Å². The van der Waals surface area contributed by atoms with Gasteiger partial charge in [-0.2, -0.15) is 0 Å². The Morgan fingerprint density at radius 2 is 1.93 bits per heavy atom. The van der Waals surface area contributed by atoms with Crippen molar-refractivity contribution in [3.63, 3.8) is 0 Å². The zero-order valence-corrected chi connectivity index (χ0v) is 17.2. The zero-order valence-electron chi connectivity index (χ0n) is 16.4. The topological polar surface area (TPSA) is 80.2 Å². The van der Waals surface area contributed by atoms with E-state index in [9.17, 15) is 5.11 Å². The third-order valence-corrected chi connectivity index (χ3v) is 6.33. The molecule has 0 radical (unpaired) electrons. The predicted molar refractivity (Wildman–Crippen MR) is 119 cm³/mol. The number of hydrogen-bond acceptors (Lipinski definition) is 7. The van der Waals surface area contributed by atoms with Gasteiger partial charge in [0.15, 0.2) is 5.13 Å². The fraction of sp³-hybridized carbons (Fsp3) is 0.261. The Kier molecular flexibility index (Phi) is 5.29. The average Bonchev–Trinajstić information content (AvgIpc) is 3.18. The Hall–Kier alpha value is -3.03.